The molecule has 1 atom stereocenters. The molecule has 2 rings (SSSR count). The van der Waals surface area contributed by atoms with Gasteiger partial charge in [0.2, 0.25) is 0 Å². The van der Waals surface area contributed by atoms with Crippen LogP contribution in [0.1, 0.15) is 16.1 Å². The molecule has 1 amide bonds. The highest BCUT2D eigenvalue weighted by molar-refractivity contribution is 5.94. The average molecular weight is 306 g/mol. The average Bonchev–Trinajstić information content (AvgIpc) is 2.54. The third-order valence-electron chi connectivity index (χ3n) is 3.23. The molecule has 116 valence electrons. The maximum atomic E-state index is 13.5. The number of hydrogen-bond donors (Lipinski definition) is 2. The van der Waals surface area contributed by atoms with Gasteiger partial charge in [0.25, 0.3) is 5.91 Å². The Kier molecular flexibility index (Phi) is 5.55. The van der Waals surface area contributed by atoms with Gasteiger partial charge in [-0.05, 0) is 30.7 Å². The second-order valence-corrected chi connectivity index (χ2v) is 4.89. The van der Waals surface area contributed by atoms with Gasteiger partial charge < -0.3 is 10.4 Å². The van der Waals surface area contributed by atoms with E-state index in [-0.39, 0.29) is 24.6 Å². The standard InChI is InChI=1S/C16H16F2N2O2/c17-14-6-3-5-13(15(14)18)16(22)20-9-11(10-21)8-12-4-1-2-7-19-12/h1-7,11,21H,8-10H2,(H,20,22). The number of carbonyl (C=O) groups excluding carboxylic acids is 1. The summed E-state index contributed by atoms with van der Waals surface area (Å²) in [6.45, 7) is -0.00958. The Morgan fingerprint density at radius 2 is 2.05 bits per heavy atom. The molecular weight excluding hydrogens is 290 g/mol. The smallest absolute Gasteiger partial charge is 0.254 e. The molecule has 1 unspecified atom stereocenters. The van der Waals surface area contributed by atoms with E-state index >= 15 is 0 Å². The lowest BCUT2D eigenvalue weighted by Crippen LogP contribution is -2.32. The van der Waals surface area contributed by atoms with Crippen molar-refractivity contribution in [3.8, 4) is 0 Å². The topological polar surface area (TPSA) is 62.2 Å². The van der Waals surface area contributed by atoms with Crippen molar-refractivity contribution in [2.45, 2.75) is 6.42 Å². The Balaban J connectivity index is 1.95. The summed E-state index contributed by atoms with van der Waals surface area (Å²) in [5.41, 5.74) is 0.433. The van der Waals surface area contributed by atoms with Gasteiger partial charge >= 0.3 is 0 Å². The van der Waals surface area contributed by atoms with Crippen LogP contribution in [0.4, 0.5) is 8.78 Å². The van der Waals surface area contributed by atoms with Crippen LogP contribution in [0.3, 0.4) is 0 Å². The third-order valence-corrected chi connectivity index (χ3v) is 3.23. The summed E-state index contributed by atoms with van der Waals surface area (Å²) >= 11 is 0. The summed E-state index contributed by atoms with van der Waals surface area (Å²) in [5, 5.41) is 11.9. The number of pyridine rings is 1. The highest BCUT2D eigenvalue weighted by atomic mass is 19.2. The molecule has 0 aliphatic rings. The van der Waals surface area contributed by atoms with Crippen molar-refractivity contribution in [3.63, 3.8) is 0 Å². The van der Waals surface area contributed by atoms with Crippen molar-refractivity contribution in [3.05, 3.63) is 65.5 Å². The number of aliphatic hydroxyl groups is 1. The van der Waals surface area contributed by atoms with Gasteiger partial charge in [-0.15, -0.1) is 0 Å². The van der Waals surface area contributed by atoms with Gasteiger partial charge in [0.05, 0.1) is 5.56 Å². The van der Waals surface area contributed by atoms with Crippen LogP contribution >= 0.6 is 0 Å². The van der Waals surface area contributed by atoms with Crippen molar-refractivity contribution >= 4 is 5.91 Å². The van der Waals surface area contributed by atoms with Crippen LogP contribution in [0, 0.1) is 17.6 Å². The van der Waals surface area contributed by atoms with Crippen molar-refractivity contribution in [2.75, 3.05) is 13.2 Å². The molecular formula is C16H16F2N2O2. The normalized spacial score (nSPS) is 12.0. The molecule has 2 N–H and O–H groups in total. The fraction of sp³-hybridized carbons (Fsp3) is 0.250. The van der Waals surface area contributed by atoms with Gasteiger partial charge in [0.1, 0.15) is 0 Å². The molecule has 6 heteroatoms. The zero-order valence-corrected chi connectivity index (χ0v) is 11.8. The van der Waals surface area contributed by atoms with E-state index in [1.54, 1.807) is 12.3 Å². The first-order valence-electron chi connectivity index (χ1n) is 6.84. The van der Waals surface area contributed by atoms with Crippen molar-refractivity contribution < 1.29 is 18.7 Å². The van der Waals surface area contributed by atoms with Crippen LogP contribution in [0.5, 0.6) is 0 Å². The van der Waals surface area contributed by atoms with Gasteiger partial charge in [0.15, 0.2) is 11.6 Å². The number of hydrogen-bond acceptors (Lipinski definition) is 3. The number of nitrogens with one attached hydrogen (secondary N) is 1. The Morgan fingerprint density at radius 3 is 2.73 bits per heavy atom. The van der Waals surface area contributed by atoms with Gasteiger partial charge in [-0.1, -0.05) is 12.1 Å². The SMILES string of the molecule is O=C(NCC(CO)Cc1ccccn1)c1cccc(F)c1F. The van der Waals surface area contributed by atoms with Crippen LogP contribution in [0.2, 0.25) is 0 Å². The van der Waals surface area contributed by atoms with E-state index in [1.165, 1.54) is 12.1 Å². The maximum Gasteiger partial charge on any atom is 0.254 e. The molecule has 1 heterocycles. The fourth-order valence-corrected chi connectivity index (χ4v) is 2.03. The minimum atomic E-state index is -1.18. The summed E-state index contributed by atoms with van der Waals surface area (Å²) in [4.78, 5) is 16.0. The summed E-state index contributed by atoms with van der Waals surface area (Å²) in [6, 6.07) is 8.86. The fourth-order valence-electron chi connectivity index (χ4n) is 2.03. The second-order valence-electron chi connectivity index (χ2n) is 4.89. The number of carbonyl (C=O) groups is 1. The van der Waals surface area contributed by atoms with Crippen LogP contribution in [-0.4, -0.2) is 29.1 Å². The molecule has 1 aromatic heterocycles. The number of rotatable bonds is 6. The quantitative estimate of drug-likeness (QED) is 0.857. The number of aliphatic hydroxyl groups excluding tert-OH is 1. The number of halogens is 2. The Labute approximate surface area is 126 Å². The van der Waals surface area contributed by atoms with Gasteiger partial charge in [-0.25, -0.2) is 8.78 Å². The largest absolute Gasteiger partial charge is 0.396 e. The van der Waals surface area contributed by atoms with E-state index in [9.17, 15) is 18.7 Å². The van der Waals surface area contributed by atoms with Crippen molar-refractivity contribution in [2.24, 2.45) is 5.92 Å². The van der Waals surface area contributed by atoms with Gasteiger partial charge in [0, 0.05) is 31.0 Å². The predicted molar refractivity (Wildman–Crippen MR) is 77.2 cm³/mol. The van der Waals surface area contributed by atoms with Crippen molar-refractivity contribution in [1.29, 1.82) is 0 Å². The molecule has 22 heavy (non-hydrogen) atoms. The first-order valence-corrected chi connectivity index (χ1v) is 6.84. The first-order chi connectivity index (χ1) is 10.6. The number of benzene rings is 1. The third kappa shape index (κ3) is 4.08. The molecule has 0 saturated heterocycles. The summed E-state index contributed by atoms with van der Waals surface area (Å²) in [5.74, 6) is -3.21. The highest BCUT2D eigenvalue weighted by Gasteiger charge is 2.17. The predicted octanol–water partition coefficient (Wildman–Crippen LogP) is 1.94. The van der Waals surface area contributed by atoms with Gasteiger partial charge in [-0.3, -0.25) is 9.78 Å². The molecule has 0 aliphatic heterocycles. The summed E-state index contributed by atoms with van der Waals surface area (Å²) in [6.07, 6.45) is 2.12. The first kappa shape index (κ1) is 16.0. The number of aromatic nitrogens is 1. The molecule has 0 bridgehead atoms. The lowest BCUT2D eigenvalue weighted by Gasteiger charge is -2.15. The molecule has 0 saturated carbocycles. The Bertz CT molecular complexity index is 635. The Hall–Kier alpha value is -2.34. The lowest BCUT2D eigenvalue weighted by atomic mass is 10.0. The van der Waals surface area contributed by atoms with Crippen molar-refractivity contribution in [1.82, 2.24) is 10.3 Å². The zero-order chi connectivity index (χ0) is 15.9. The van der Waals surface area contributed by atoms with E-state index in [0.29, 0.717) is 6.42 Å². The van der Waals surface area contributed by atoms with E-state index in [1.807, 2.05) is 12.1 Å². The second kappa shape index (κ2) is 7.61. The monoisotopic (exact) mass is 306 g/mol. The van der Waals surface area contributed by atoms with Crippen LogP contribution in [0.25, 0.3) is 0 Å². The number of nitrogens with zero attached hydrogens (tertiary/aromatic N) is 1. The molecule has 2 aromatic rings. The van der Waals surface area contributed by atoms with E-state index < -0.39 is 17.5 Å². The number of amides is 1. The zero-order valence-electron chi connectivity index (χ0n) is 11.8. The molecule has 0 fully saturated rings. The molecule has 0 aliphatic carbocycles. The summed E-state index contributed by atoms with van der Waals surface area (Å²) < 4.78 is 26.6. The van der Waals surface area contributed by atoms with E-state index in [4.69, 9.17) is 0 Å². The molecule has 1 aromatic carbocycles. The minimum absolute atomic E-state index is 0.141. The van der Waals surface area contributed by atoms with E-state index in [0.717, 1.165) is 11.8 Å². The maximum absolute atomic E-state index is 13.5. The lowest BCUT2D eigenvalue weighted by molar-refractivity contribution is 0.0934. The van der Waals surface area contributed by atoms with E-state index in [2.05, 4.69) is 10.3 Å². The molecule has 0 radical (unpaired) electrons. The molecule has 4 nitrogen and oxygen atoms in total. The highest BCUT2D eigenvalue weighted by Crippen LogP contribution is 2.11. The van der Waals surface area contributed by atoms with Gasteiger partial charge in [-0.2, -0.15) is 0 Å². The van der Waals surface area contributed by atoms with Crippen LogP contribution in [-0.2, 0) is 6.42 Å². The summed E-state index contributed by atoms with van der Waals surface area (Å²) in [7, 11) is 0. The van der Waals surface area contributed by atoms with Crippen LogP contribution < -0.4 is 5.32 Å². The molecule has 0 spiro atoms. The Morgan fingerprint density at radius 1 is 1.23 bits per heavy atom. The minimum Gasteiger partial charge on any atom is -0.396 e. The van der Waals surface area contributed by atoms with Crippen LogP contribution in [0.15, 0.2) is 42.6 Å².